The first-order valence-corrected chi connectivity index (χ1v) is 9.79. The van der Waals surface area contributed by atoms with Crippen LogP contribution in [-0.4, -0.2) is 39.6 Å². The van der Waals surface area contributed by atoms with Crippen LogP contribution in [0.5, 0.6) is 5.75 Å². The Bertz CT molecular complexity index is 747. The number of ether oxygens (including phenoxy) is 2. The molecule has 8 heteroatoms. The lowest BCUT2D eigenvalue weighted by atomic mass is 10.3. The zero-order valence-electron chi connectivity index (χ0n) is 13.6. The minimum absolute atomic E-state index is 0.0396. The van der Waals surface area contributed by atoms with Crippen molar-refractivity contribution in [2.24, 2.45) is 0 Å². The van der Waals surface area contributed by atoms with Crippen LogP contribution < -0.4 is 4.74 Å². The van der Waals surface area contributed by atoms with Crippen LogP contribution >= 0.6 is 11.3 Å². The topological polar surface area (TPSA) is 55.8 Å². The van der Waals surface area contributed by atoms with Crippen LogP contribution in [0, 0.1) is 5.82 Å². The summed E-state index contributed by atoms with van der Waals surface area (Å²) in [5, 5.41) is 3.76. The molecule has 0 radical (unpaired) electrons. The highest BCUT2D eigenvalue weighted by molar-refractivity contribution is 7.89. The molecule has 1 aromatic carbocycles. The van der Waals surface area contributed by atoms with Crippen molar-refractivity contribution in [1.82, 2.24) is 4.31 Å². The Hall–Kier alpha value is -1.48. The molecule has 0 aliphatic carbocycles. The number of thiophene rings is 1. The molecule has 0 unspecified atom stereocenters. The summed E-state index contributed by atoms with van der Waals surface area (Å²) in [4.78, 5) is -0.102. The summed E-state index contributed by atoms with van der Waals surface area (Å²) in [6.07, 6.45) is 0. The molecule has 0 amide bonds. The molecule has 5 nitrogen and oxygen atoms in total. The van der Waals surface area contributed by atoms with Gasteiger partial charge in [0.2, 0.25) is 10.0 Å². The Morgan fingerprint density at radius 3 is 2.67 bits per heavy atom. The molecule has 0 saturated heterocycles. The van der Waals surface area contributed by atoms with Gasteiger partial charge in [-0.2, -0.15) is 15.6 Å². The SMILES string of the molecule is CCOc1ccc(S(=O)(=O)N(CCOC)Cc2ccsc2)cc1F. The number of hydrogen-bond donors (Lipinski definition) is 0. The molecule has 24 heavy (non-hydrogen) atoms. The van der Waals surface area contributed by atoms with E-state index < -0.39 is 15.8 Å². The van der Waals surface area contributed by atoms with Gasteiger partial charge in [-0.15, -0.1) is 0 Å². The number of nitrogens with zero attached hydrogens (tertiary/aromatic N) is 1. The van der Waals surface area contributed by atoms with Crippen LogP contribution in [-0.2, 0) is 21.3 Å². The average molecular weight is 373 g/mol. The minimum Gasteiger partial charge on any atom is -0.491 e. The largest absolute Gasteiger partial charge is 0.491 e. The van der Waals surface area contributed by atoms with Gasteiger partial charge in [0.1, 0.15) is 0 Å². The van der Waals surface area contributed by atoms with Crippen LogP contribution in [0.2, 0.25) is 0 Å². The quantitative estimate of drug-likeness (QED) is 0.678. The Morgan fingerprint density at radius 2 is 2.08 bits per heavy atom. The van der Waals surface area contributed by atoms with Gasteiger partial charge in [-0.1, -0.05) is 0 Å². The van der Waals surface area contributed by atoms with Crippen molar-refractivity contribution in [2.75, 3.05) is 26.9 Å². The summed E-state index contributed by atoms with van der Waals surface area (Å²) < 4.78 is 51.1. The van der Waals surface area contributed by atoms with Gasteiger partial charge in [0.15, 0.2) is 11.6 Å². The van der Waals surface area contributed by atoms with E-state index in [1.807, 2.05) is 16.8 Å². The Labute approximate surface area is 145 Å². The first-order chi connectivity index (χ1) is 11.5. The maximum Gasteiger partial charge on any atom is 0.243 e. The third-order valence-electron chi connectivity index (χ3n) is 3.32. The van der Waals surface area contributed by atoms with Crippen molar-refractivity contribution in [3.05, 3.63) is 46.4 Å². The summed E-state index contributed by atoms with van der Waals surface area (Å²) in [7, 11) is -2.34. The van der Waals surface area contributed by atoms with Gasteiger partial charge in [-0.25, -0.2) is 12.8 Å². The number of benzene rings is 1. The fourth-order valence-electron chi connectivity index (χ4n) is 2.13. The highest BCUT2D eigenvalue weighted by atomic mass is 32.2. The first kappa shape index (κ1) is 18.9. The highest BCUT2D eigenvalue weighted by Gasteiger charge is 2.25. The third-order valence-corrected chi connectivity index (χ3v) is 5.90. The molecule has 2 aromatic rings. The van der Waals surface area contributed by atoms with Crippen molar-refractivity contribution in [1.29, 1.82) is 0 Å². The van der Waals surface area contributed by atoms with Crippen LogP contribution in [0.3, 0.4) is 0 Å². The van der Waals surface area contributed by atoms with Crippen molar-refractivity contribution in [3.8, 4) is 5.75 Å². The van der Waals surface area contributed by atoms with Gasteiger partial charge in [-0.05, 0) is 47.5 Å². The standard InChI is InChI=1S/C16H20FNO4S2/c1-3-22-16-5-4-14(10-15(16)17)24(19,20)18(7-8-21-2)11-13-6-9-23-12-13/h4-6,9-10,12H,3,7-8,11H2,1-2H3. The van der Waals surface area contributed by atoms with E-state index >= 15 is 0 Å². The summed E-state index contributed by atoms with van der Waals surface area (Å²) in [6, 6.07) is 5.55. The zero-order valence-corrected chi connectivity index (χ0v) is 15.2. The van der Waals surface area contributed by atoms with Crippen molar-refractivity contribution >= 4 is 21.4 Å². The highest BCUT2D eigenvalue weighted by Crippen LogP contribution is 2.24. The predicted molar refractivity (Wildman–Crippen MR) is 91.4 cm³/mol. The molecule has 0 N–H and O–H groups in total. The summed E-state index contributed by atoms with van der Waals surface area (Å²) in [6.45, 7) is 2.69. The third kappa shape index (κ3) is 4.54. The lowest BCUT2D eigenvalue weighted by Crippen LogP contribution is -2.33. The number of methoxy groups -OCH3 is 1. The molecule has 0 fully saturated rings. The van der Waals surface area contributed by atoms with Gasteiger partial charge in [0, 0.05) is 20.2 Å². The smallest absolute Gasteiger partial charge is 0.243 e. The number of rotatable bonds is 9. The molecular formula is C16H20FNO4S2. The predicted octanol–water partition coefficient (Wildman–Crippen LogP) is 3.12. The van der Waals surface area contributed by atoms with Crippen LogP contribution in [0.25, 0.3) is 0 Å². The van der Waals surface area contributed by atoms with Gasteiger partial charge < -0.3 is 9.47 Å². The maximum absolute atomic E-state index is 14.0. The second kappa shape index (κ2) is 8.57. The molecule has 1 heterocycles. The average Bonchev–Trinajstić information content (AvgIpc) is 3.06. The van der Waals surface area contributed by atoms with Crippen molar-refractivity contribution in [3.63, 3.8) is 0 Å². The zero-order chi connectivity index (χ0) is 17.6. The van der Waals surface area contributed by atoms with Gasteiger partial charge in [0.25, 0.3) is 0 Å². The number of halogens is 1. The minimum atomic E-state index is -3.84. The molecule has 0 bridgehead atoms. The summed E-state index contributed by atoms with van der Waals surface area (Å²) in [5.41, 5.74) is 0.881. The maximum atomic E-state index is 14.0. The Morgan fingerprint density at radius 1 is 1.29 bits per heavy atom. The fourth-order valence-corrected chi connectivity index (χ4v) is 4.21. The van der Waals surface area contributed by atoms with E-state index in [4.69, 9.17) is 9.47 Å². The lowest BCUT2D eigenvalue weighted by Gasteiger charge is -2.21. The fraction of sp³-hybridized carbons (Fsp3) is 0.375. The van der Waals surface area contributed by atoms with E-state index in [1.165, 1.54) is 34.9 Å². The van der Waals surface area contributed by atoms with E-state index in [-0.39, 0.29) is 30.3 Å². The van der Waals surface area contributed by atoms with Crippen LogP contribution in [0.4, 0.5) is 4.39 Å². The monoisotopic (exact) mass is 373 g/mol. The molecule has 0 aliphatic heterocycles. The summed E-state index contributed by atoms with van der Waals surface area (Å²) in [5.74, 6) is -0.655. The van der Waals surface area contributed by atoms with E-state index in [0.29, 0.717) is 6.61 Å². The van der Waals surface area contributed by atoms with E-state index in [1.54, 1.807) is 6.92 Å². The Balaban J connectivity index is 2.30. The van der Waals surface area contributed by atoms with Crippen molar-refractivity contribution in [2.45, 2.75) is 18.4 Å². The van der Waals surface area contributed by atoms with Crippen LogP contribution in [0.15, 0.2) is 39.9 Å². The van der Waals surface area contributed by atoms with Gasteiger partial charge in [0.05, 0.1) is 18.1 Å². The molecule has 2 rings (SSSR count). The van der Waals surface area contributed by atoms with Gasteiger partial charge >= 0.3 is 0 Å². The van der Waals surface area contributed by atoms with E-state index in [0.717, 1.165) is 11.6 Å². The van der Waals surface area contributed by atoms with Crippen LogP contribution in [0.1, 0.15) is 12.5 Å². The second-order valence-electron chi connectivity index (χ2n) is 4.99. The normalized spacial score (nSPS) is 11.8. The first-order valence-electron chi connectivity index (χ1n) is 7.41. The number of hydrogen-bond acceptors (Lipinski definition) is 5. The molecule has 0 spiro atoms. The van der Waals surface area contributed by atoms with E-state index in [9.17, 15) is 12.8 Å². The lowest BCUT2D eigenvalue weighted by molar-refractivity contribution is 0.177. The Kier molecular flexibility index (Phi) is 6.73. The summed E-state index contributed by atoms with van der Waals surface area (Å²) >= 11 is 1.49. The van der Waals surface area contributed by atoms with E-state index in [2.05, 4.69) is 0 Å². The number of sulfonamides is 1. The molecular weight excluding hydrogens is 353 g/mol. The van der Waals surface area contributed by atoms with Crippen molar-refractivity contribution < 1.29 is 22.3 Å². The molecule has 0 aliphatic rings. The molecule has 1 aromatic heterocycles. The molecule has 0 atom stereocenters. The van der Waals surface area contributed by atoms with Gasteiger partial charge in [-0.3, -0.25) is 0 Å². The molecule has 0 saturated carbocycles. The second-order valence-corrected chi connectivity index (χ2v) is 7.71. The molecule has 132 valence electrons.